The van der Waals surface area contributed by atoms with Gasteiger partial charge in [-0.1, -0.05) is 103 Å². The fourth-order valence-corrected chi connectivity index (χ4v) is 2.10. The van der Waals surface area contributed by atoms with Crippen molar-refractivity contribution in [3.63, 3.8) is 0 Å². The Kier molecular flexibility index (Phi) is 9.32. The summed E-state index contributed by atoms with van der Waals surface area (Å²) < 4.78 is -0.141. The number of hydrogen-bond donors (Lipinski definition) is 0. The summed E-state index contributed by atoms with van der Waals surface area (Å²) in [6.45, 7) is 2.24. The van der Waals surface area contributed by atoms with Crippen molar-refractivity contribution in [3.8, 4) is 0 Å². The molecule has 4 heteroatoms. The van der Waals surface area contributed by atoms with E-state index in [4.69, 9.17) is 0 Å². The van der Waals surface area contributed by atoms with E-state index < -0.39 is 0 Å². The van der Waals surface area contributed by atoms with Crippen LogP contribution in [0.4, 0.5) is 0 Å². The number of halogens is 4. The van der Waals surface area contributed by atoms with E-state index in [0.29, 0.717) is 4.83 Å². The highest BCUT2D eigenvalue weighted by molar-refractivity contribution is 9.40. The third kappa shape index (κ3) is 8.88. The van der Waals surface area contributed by atoms with Gasteiger partial charge in [0.25, 0.3) is 0 Å². The molecule has 0 aliphatic carbocycles. The van der Waals surface area contributed by atoms with Gasteiger partial charge in [-0.2, -0.15) is 0 Å². The average molecular weight is 444 g/mol. The molecule has 0 bridgehead atoms. The van der Waals surface area contributed by atoms with Gasteiger partial charge in [-0.3, -0.25) is 0 Å². The van der Waals surface area contributed by atoms with Gasteiger partial charge >= 0.3 is 0 Å². The molecule has 13 heavy (non-hydrogen) atoms. The molecule has 1 unspecified atom stereocenters. The van der Waals surface area contributed by atoms with Crippen molar-refractivity contribution in [2.75, 3.05) is 0 Å². The second kappa shape index (κ2) is 8.12. The van der Waals surface area contributed by atoms with Gasteiger partial charge in [0.1, 0.15) is 2.14 Å². The minimum atomic E-state index is -0.141. The zero-order valence-corrected chi connectivity index (χ0v) is 14.2. The van der Waals surface area contributed by atoms with Crippen molar-refractivity contribution in [1.29, 1.82) is 0 Å². The molecule has 0 aromatic heterocycles. The van der Waals surface area contributed by atoms with E-state index in [2.05, 4.69) is 70.6 Å². The summed E-state index contributed by atoms with van der Waals surface area (Å²) in [5.74, 6) is 0. The number of unbranched alkanes of at least 4 members (excludes halogenated alkanes) is 4. The largest absolute Gasteiger partial charge is 0.147 e. The van der Waals surface area contributed by atoms with Crippen molar-refractivity contribution in [1.82, 2.24) is 0 Å². The van der Waals surface area contributed by atoms with Gasteiger partial charge in [0.2, 0.25) is 0 Å². The Hall–Kier alpha value is 1.92. The molecule has 1 atom stereocenters. The Morgan fingerprint density at radius 2 is 1.54 bits per heavy atom. The third-order valence-electron chi connectivity index (χ3n) is 1.92. The fraction of sp³-hybridized carbons (Fsp3) is 1.00. The molecule has 0 spiro atoms. The maximum absolute atomic E-state index is 3.63. The molecule has 0 saturated heterocycles. The zero-order valence-electron chi connectivity index (χ0n) is 7.83. The van der Waals surface area contributed by atoms with Gasteiger partial charge in [-0.15, -0.1) is 0 Å². The lowest BCUT2D eigenvalue weighted by molar-refractivity contribution is 0.606. The van der Waals surface area contributed by atoms with Crippen LogP contribution in [0.25, 0.3) is 0 Å². The molecule has 0 rings (SSSR count). The lowest BCUT2D eigenvalue weighted by Crippen LogP contribution is -2.16. The maximum Gasteiger partial charge on any atom is 0.147 e. The van der Waals surface area contributed by atoms with Crippen LogP contribution in [-0.2, 0) is 0 Å². The van der Waals surface area contributed by atoms with Gasteiger partial charge in [0, 0.05) is 4.83 Å². The minimum Gasteiger partial charge on any atom is -0.0857 e. The van der Waals surface area contributed by atoms with E-state index in [-0.39, 0.29) is 2.14 Å². The van der Waals surface area contributed by atoms with Crippen LogP contribution in [0.1, 0.15) is 45.4 Å². The molecule has 0 heterocycles. The quantitative estimate of drug-likeness (QED) is 0.351. The van der Waals surface area contributed by atoms with Crippen molar-refractivity contribution in [2.45, 2.75) is 52.4 Å². The van der Waals surface area contributed by atoms with E-state index in [1.165, 1.54) is 38.5 Å². The van der Waals surface area contributed by atoms with Crippen LogP contribution in [0, 0.1) is 0 Å². The number of alkyl halides is 4. The van der Waals surface area contributed by atoms with Crippen molar-refractivity contribution in [2.24, 2.45) is 0 Å². The molecule has 80 valence electrons. The van der Waals surface area contributed by atoms with Crippen LogP contribution in [0.2, 0.25) is 0 Å². The van der Waals surface area contributed by atoms with Gasteiger partial charge in [0.15, 0.2) is 0 Å². The summed E-state index contributed by atoms with van der Waals surface area (Å²) in [7, 11) is 0. The first-order valence-corrected chi connectivity index (χ1v) is 7.98. The lowest BCUT2D eigenvalue weighted by atomic mass is 10.1. The molecule has 0 amide bonds. The van der Waals surface area contributed by atoms with E-state index in [1.54, 1.807) is 0 Å². The Labute approximate surface area is 115 Å². The van der Waals surface area contributed by atoms with E-state index >= 15 is 0 Å². The molecular formula is C9H16Br4. The Morgan fingerprint density at radius 1 is 1.00 bits per heavy atom. The summed E-state index contributed by atoms with van der Waals surface area (Å²) >= 11 is 14.2. The normalized spacial score (nSPS) is 14.5. The lowest BCUT2D eigenvalue weighted by Gasteiger charge is -2.19. The first-order valence-electron chi connectivity index (χ1n) is 4.69. The van der Waals surface area contributed by atoms with Gasteiger partial charge in [-0.25, -0.2) is 0 Å². The van der Waals surface area contributed by atoms with Crippen LogP contribution >= 0.6 is 63.7 Å². The molecule has 0 radical (unpaired) electrons. The third-order valence-corrected chi connectivity index (χ3v) is 6.56. The van der Waals surface area contributed by atoms with Crippen LogP contribution in [-0.4, -0.2) is 6.97 Å². The Bertz CT molecular complexity index is 119. The molecule has 0 N–H and O–H groups in total. The first-order chi connectivity index (χ1) is 5.98. The van der Waals surface area contributed by atoms with Crippen LogP contribution in [0.3, 0.4) is 0 Å². The standard InChI is InChI=1S/C9H16Br4/c1-2-3-4-5-6-7-8(10)9(11,12)13/h8H,2-7H2,1H3. The average Bonchev–Trinajstić information content (AvgIpc) is 2.02. The summed E-state index contributed by atoms with van der Waals surface area (Å²) in [5, 5.41) is 0. The van der Waals surface area contributed by atoms with Gasteiger partial charge < -0.3 is 0 Å². The Balaban J connectivity index is 3.32. The predicted molar refractivity (Wildman–Crippen MR) is 75.6 cm³/mol. The summed E-state index contributed by atoms with van der Waals surface area (Å²) in [4.78, 5) is 0.432. The number of rotatable bonds is 6. The maximum atomic E-state index is 3.63. The Morgan fingerprint density at radius 3 is 2.00 bits per heavy atom. The summed E-state index contributed by atoms with van der Waals surface area (Å²) in [6, 6.07) is 0. The SMILES string of the molecule is CCCCCCCC(Br)C(Br)(Br)Br. The summed E-state index contributed by atoms with van der Waals surface area (Å²) in [5.41, 5.74) is 0. The molecule has 0 aromatic carbocycles. The molecule has 0 aliphatic heterocycles. The topological polar surface area (TPSA) is 0 Å². The van der Waals surface area contributed by atoms with E-state index in [0.717, 1.165) is 0 Å². The van der Waals surface area contributed by atoms with Crippen molar-refractivity contribution >= 4 is 63.7 Å². The highest BCUT2D eigenvalue weighted by atomic mass is 80.0. The second-order valence-corrected chi connectivity index (χ2v) is 11.3. The van der Waals surface area contributed by atoms with Crippen molar-refractivity contribution in [3.05, 3.63) is 0 Å². The molecular weight excluding hydrogens is 428 g/mol. The summed E-state index contributed by atoms with van der Waals surface area (Å²) in [6.07, 6.45) is 7.88. The van der Waals surface area contributed by atoms with Crippen LogP contribution in [0.15, 0.2) is 0 Å². The predicted octanol–water partition coefficient (Wildman–Crippen LogP) is 5.95. The highest BCUT2D eigenvalue weighted by Crippen LogP contribution is 2.42. The van der Waals surface area contributed by atoms with Gasteiger partial charge in [0.05, 0.1) is 0 Å². The molecule has 0 saturated carbocycles. The first kappa shape index (κ1) is 14.9. The second-order valence-electron chi connectivity index (χ2n) is 3.21. The minimum absolute atomic E-state index is 0.141. The van der Waals surface area contributed by atoms with Crippen LogP contribution in [0.5, 0.6) is 0 Å². The number of hydrogen-bond acceptors (Lipinski definition) is 0. The van der Waals surface area contributed by atoms with Gasteiger partial charge in [-0.05, 0) is 6.42 Å². The zero-order chi connectivity index (χ0) is 10.3. The van der Waals surface area contributed by atoms with E-state index in [9.17, 15) is 0 Å². The molecule has 0 aromatic rings. The smallest absolute Gasteiger partial charge is 0.0857 e. The molecule has 0 fully saturated rings. The molecule has 0 aliphatic rings. The fourth-order valence-electron chi connectivity index (χ4n) is 1.09. The molecule has 0 nitrogen and oxygen atoms in total. The van der Waals surface area contributed by atoms with E-state index in [1.807, 2.05) is 0 Å². The monoisotopic (exact) mass is 440 g/mol. The highest BCUT2D eigenvalue weighted by Gasteiger charge is 2.27. The van der Waals surface area contributed by atoms with Crippen molar-refractivity contribution < 1.29 is 0 Å². The van der Waals surface area contributed by atoms with Crippen LogP contribution < -0.4 is 0 Å².